The molecule has 0 radical (unpaired) electrons. The molecule has 1 aromatic carbocycles. The van der Waals surface area contributed by atoms with Crippen LogP contribution in [0.15, 0.2) is 64.7 Å². The zero-order chi connectivity index (χ0) is 18.1. The number of guanidine groups is 1. The van der Waals surface area contributed by atoms with Gasteiger partial charge < -0.3 is 10.2 Å². The van der Waals surface area contributed by atoms with Crippen molar-refractivity contribution in [3.63, 3.8) is 0 Å². The molecule has 2 aromatic rings. The minimum Gasteiger partial charge on any atom is -0.355 e. The Kier molecular flexibility index (Phi) is 6.91. The first kappa shape index (κ1) is 18.9. The van der Waals surface area contributed by atoms with Crippen molar-refractivity contribution in [3.05, 3.63) is 60.4 Å². The average molecular weight is 361 g/mol. The molecule has 0 saturated carbocycles. The molecule has 0 saturated heterocycles. The quantitative estimate of drug-likeness (QED) is 0.438. The molecule has 134 valence electrons. The van der Waals surface area contributed by atoms with Crippen LogP contribution >= 0.6 is 0 Å². The van der Waals surface area contributed by atoms with E-state index in [1.165, 1.54) is 24.0 Å². The SMILES string of the molecule is CN=C(NCCNS(=O)(=O)c1cccnc1)N(C)Cc1ccccc1. The first-order chi connectivity index (χ1) is 12.0. The third-order valence-electron chi connectivity index (χ3n) is 3.48. The van der Waals surface area contributed by atoms with Gasteiger partial charge in [-0.15, -0.1) is 0 Å². The van der Waals surface area contributed by atoms with Crippen LogP contribution in [0.5, 0.6) is 0 Å². The minimum atomic E-state index is -3.54. The van der Waals surface area contributed by atoms with Gasteiger partial charge in [-0.1, -0.05) is 30.3 Å². The summed E-state index contributed by atoms with van der Waals surface area (Å²) in [5.74, 6) is 0.699. The third-order valence-corrected chi connectivity index (χ3v) is 4.93. The van der Waals surface area contributed by atoms with Crippen LogP contribution in [0.25, 0.3) is 0 Å². The van der Waals surface area contributed by atoms with E-state index in [0.29, 0.717) is 19.0 Å². The lowest BCUT2D eigenvalue weighted by atomic mass is 10.2. The number of hydrogen-bond donors (Lipinski definition) is 2. The molecule has 0 unspecified atom stereocenters. The van der Waals surface area contributed by atoms with E-state index in [9.17, 15) is 8.42 Å². The number of benzene rings is 1. The van der Waals surface area contributed by atoms with E-state index >= 15 is 0 Å². The highest BCUT2D eigenvalue weighted by Crippen LogP contribution is 2.05. The lowest BCUT2D eigenvalue weighted by molar-refractivity contribution is 0.477. The Morgan fingerprint density at radius 3 is 2.56 bits per heavy atom. The zero-order valence-electron chi connectivity index (χ0n) is 14.4. The van der Waals surface area contributed by atoms with Crippen LogP contribution in [0.1, 0.15) is 5.56 Å². The number of aliphatic imine (C=N–C) groups is 1. The molecule has 0 bridgehead atoms. The van der Waals surface area contributed by atoms with Gasteiger partial charge in [-0.25, -0.2) is 13.1 Å². The fourth-order valence-corrected chi connectivity index (χ4v) is 3.26. The van der Waals surface area contributed by atoms with Crippen molar-refractivity contribution in [2.45, 2.75) is 11.4 Å². The van der Waals surface area contributed by atoms with Crippen molar-refractivity contribution in [2.24, 2.45) is 4.99 Å². The van der Waals surface area contributed by atoms with Gasteiger partial charge in [0.2, 0.25) is 10.0 Å². The van der Waals surface area contributed by atoms with E-state index in [2.05, 4.69) is 20.0 Å². The van der Waals surface area contributed by atoms with Crippen molar-refractivity contribution in [1.29, 1.82) is 0 Å². The molecule has 2 rings (SSSR count). The number of nitrogens with zero attached hydrogens (tertiary/aromatic N) is 3. The van der Waals surface area contributed by atoms with Gasteiger partial charge in [0, 0.05) is 46.1 Å². The van der Waals surface area contributed by atoms with Gasteiger partial charge in [0.25, 0.3) is 0 Å². The van der Waals surface area contributed by atoms with Crippen LogP contribution in [-0.2, 0) is 16.6 Å². The summed E-state index contributed by atoms with van der Waals surface area (Å²) in [6, 6.07) is 13.2. The average Bonchev–Trinajstić information content (AvgIpc) is 2.63. The van der Waals surface area contributed by atoms with E-state index < -0.39 is 10.0 Å². The molecule has 1 aromatic heterocycles. The fraction of sp³-hybridized carbons (Fsp3) is 0.294. The summed E-state index contributed by atoms with van der Waals surface area (Å²) < 4.78 is 26.7. The summed E-state index contributed by atoms with van der Waals surface area (Å²) in [7, 11) is 0.0910. The van der Waals surface area contributed by atoms with Crippen molar-refractivity contribution >= 4 is 16.0 Å². The van der Waals surface area contributed by atoms with E-state index in [-0.39, 0.29) is 11.4 Å². The number of rotatable bonds is 7. The fourth-order valence-electron chi connectivity index (χ4n) is 2.27. The summed E-state index contributed by atoms with van der Waals surface area (Å²) in [5, 5.41) is 3.15. The van der Waals surface area contributed by atoms with Gasteiger partial charge in [0.1, 0.15) is 4.90 Å². The van der Waals surface area contributed by atoms with E-state index in [1.807, 2.05) is 42.3 Å². The predicted octanol–water partition coefficient (Wildman–Crippen LogP) is 1.07. The van der Waals surface area contributed by atoms with Crippen molar-refractivity contribution in [1.82, 2.24) is 19.9 Å². The van der Waals surface area contributed by atoms with Crippen molar-refractivity contribution in [2.75, 3.05) is 27.2 Å². The Hall–Kier alpha value is -2.45. The Balaban J connectivity index is 1.81. The van der Waals surface area contributed by atoms with Gasteiger partial charge in [0.05, 0.1) is 0 Å². The molecule has 0 aliphatic rings. The predicted molar refractivity (Wildman–Crippen MR) is 98.7 cm³/mol. The molecule has 0 aliphatic carbocycles. The highest BCUT2D eigenvalue weighted by atomic mass is 32.2. The molecule has 1 heterocycles. The summed E-state index contributed by atoms with van der Waals surface area (Å²) in [4.78, 5) is 10.2. The molecule has 0 fully saturated rings. The molecule has 7 nitrogen and oxygen atoms in total. The van der Waals surface area contributed by atoms with Crippen LogP contribution < -0.4 is 10.0 Å². The number of pyridine rings is 1. The maximum absolute atomic E-state index is 12.1. The van der Waals surface area contributed by atoms with Crippen LogP contribution in [-0.4, -0.2) is 51.4 Å². The first-order valence-corrected chi connectivity index (χ1v) is 9.36. The van der Waals surface area contributed by atoms with Crippen molar-refractivity contribution in [3.8, 4) is 0 Å². The summed E-state index contributed by atoms with van der Waals surface area (Å²) in [6.45, 7) is 1.38. The van der Waals surface area contributed by atoms with E-state index in [4.69, 9.17) is 0 Å². The number of sulfonamides is 1. The van der Waals surface area contributed by atoms with E-state index in [0.717, 1.165) is 0 Å². The van der Waals surface area contributed by atoms with Crippen LogP contribution in [0.2, 0.25) is 0 Å². The molecule has 0 aliphatic heterocycles. The second-order valence-electron chi connectivity index (χ2n) is 5.40. The minimum absolute atomic E-state index is 0.153. The largest absolute Gasteiger partial charge is 0.355 e. The molecule has 25 heavy (non-hydrogen) atoms. The number of nitrogens with one attached hydrogen (secondary N) is 2. The lowest BCUT2D eigenvalue weighted by Gasteiger charge is -2.22. The number of aromatic nitrogens is 1. The Morgan fingerprint density at radius 2 is 1.92 bits per heavy atom. The topological polar surface area (TPSA) is 86.7 Å². The van der Waals surface area contributed by atoms with Gasteiger partial charge in [0.15, 0.2) is 5.96 Å². The standard InChI is InChI=1S/C17H23N5O2S/c1-18-17(22(2)14-15-7-4-3-5-8-15)20-11-12-21-25(23,24)16-9-6-10-19-13-16/h3-10,13,21H,11-12,14H2,1-2H3,(H,18,20). The molecular weight excluding hydrogens is 338 g/mol. The summed E-state index contributed by atoms with van der Waals surface area (Å²) >= 11 is 0. The second kappa shape index (κ2) is 9.14. The zero-order valence-corrected chi connectivity index (χ0v) is 15.2. The third kappa shape index (κ3) is 5.84. The molecule has 0 amide bonds. The summed E-state index contributed by atoms with van der Waals surface area (Å²) in [6.07, 6.45) is 2.86. The lowest BCUT2D eigenvalue weighted by Crippen LogP contribution is -2.42. The maximum atomic E-state index is 12.1. The maximum Gasteiger partial charge on any atom is 0.242 e. The second-order valence-corrected chi connectivity index (χ2v) is 7.17. The van der Waals surface area contributed by atoms with Gasteiger partial charge >= 0.3 is 0 Å². The Labute approximate surface area is 148 Å². The number of hydrogen-bond acceptors (Lipinski definition) is 4. The molecule has 0 spiro atoms. The smallest absolute Gasteiger partial charge is 0.242 e. The molecular formula is C17H23N5O2S. The molecule has 8 heteroatoms. The van der Waals surface area contributed by atoms with Crippen LogP contribution in [0, 0.1) is 0 Å². The normalized spacial score (nSPS) is 12.0. The van der Waals surface area contributed by atoms with Gasteiger partial charge in [-0.3, -0.25) is 9.98 Å². The molecule has 0 atom stereocenters. The Bertz CT molecular complexity index is 779. The van der Waals surface area contributed by atoms with Gasteiger partial charge in [-0.2, -0.15) is 0 Å². The van der Waals surface area contributed by atoms with Crippen LogP contribution in [0.4, 0.5) is 0 Å². The van der Waals surface area contributed by atoms with Crippen molar-refractivity contribution < 1.29 is 8.42 Å². The molecule has 2 N–H and O–H groups in total. The first-order valence-electron chi connectivity index (χ1n) is 7.88. The monoisotopic (exact) mass is 361 g/mol. The Morgan fingerprint density at radius 1 is 1.16 bits per heavy atom. The van der Waals surface area contributed by atoms with Crippen LogP contribution in [0.3, 0.4) is 0 Å². The highest BCUT2D eigenvalue weighted by Gasteiger charge is 2.13. The van der Waals surface area contributed by atoms with E-state index in [1.54, 1.807) is 13.1 Å². The highest BCUT2D eigenvalue weighted by molar-refractivity contribution is 7.89. The van der Waals surface area contributed by atoms with Gasteiger partial charge in [-0.05, 0) is 17.7 Å². The summed E-state index contributed by atoms with van der Waals surface area (Å²) in [5.41, 5.74) is 1.17.